The summed E-state index contributed by atoms with van der Waals surface area (Å²) in [6.07, 6.45) is 6.02. The zero-order valence-corrected chi connectivity index (χ0v) is 13.2. The van der Waals surface area contributed by atoms with Gasteiger partial charge in [0.15, 0.2) is 0 Å². The molecular weight excluding hydrogens is 288 g/mol. The van der Waals surface area contributed by atoms with Crippen molar-refractivity contribution < 1.29 is 13.2 Å². The summed E-state index contributed by atoms with van der Waals surface area (Å²) in [4.78, 5) is 0. The maximum absolute atomic E-state index is 11.6. The lowest BCUT2D eigenvalue weighted by Gasteiger charge is -2.20. The number of aryl methyl sites for hydroxylation is 1. The molecule has 0 saturated heterocycles. The highest BCUT2D eigenvalue weighted by atomic mass is 32.2. The van der Waals surface area contributed by atoms with Crippen molar-refractivity contribution in [2.24, 2.45) is 0 Å². The Morgan fingerprint density at radius 1 is 1.38 bits per heavy atom. The molecule has 0 amide bonds. The van der Waals surface area contributed by atoms with Crippen LogP contribution in [0.15, 0.2) is 30.5 Å². The van der Waals surface area contributed by atoms with Crippen molar-refractivity contribution in [1.82, 2.24) is 0 Å². The fourth-order valence-electron chi connectivity index (χ4n) is 2.09. The first kappa shape index (κ1) is 15.7. The fourth-order valence-corrected chi connectivity index (χ4v) is 2.80. The first-order valence-electron chi connectivity index (χ1n) is 7.15. The van der Waals surface area contributed by atoms with Crippen LogP contribution in [-0.4, -0.2) is 26.8 Å². The lowest BCUT2D eigenvalue weighted by Crippen LogP contribution is -2.23. The van der Waals surface area contributed by atoms with Crippen LogP contribution >= 0.6 is 0 Å². The van der Waals surface area contributed by atoms with Crippen molar-refractivity contribution in [1.29, 1.82) is 0 Å². The van der Waals surface area contributed by atoms with E-state index in [1.165, 1.54) is 0 Å². The van der Waals surface area contributed by atoms with Gasteiger partial charge in [-0.15, -0.1) is 0 Å². The van der Waals surface area contributed by atoms with E-state index < -0.39 is 10.0 Å². The van der Waals surface area contributed by atoms with Crippen molar-refractivity contribution in [2.75, 3.05) is 22.3 Å². The summed E-state index contributed by atoms with van der Waals surface area (Å²) in [6, 6.07) is 5.60. The molecule has 0 radical (unpaired) electrons. The minimum absolute atomic E-state index is 0.0684. The molecule has 1 aromatic rings. The number of allylic oxidation sites excluding steroid dienone is 1. The van der Waals surface area contributed by atoms with Crippen LogP contribution in [0, 0.1) is 6.92 Å². The van der Waals surface area contributed by atoms with E-state index in [0.717, 1.165) is 30.6 Å². The van der Waals surface area contributed by atoms with Gasteiger partial charge >= 0.3 is 0 Å². The molecule has 0 unspecified atom stereocenters. The second kappa shape index (κ2) is 6.85. The Morgan fingerprint density at radius 2 is 2.19 bits per heavy atom. The monoisotopic (exact) mass is 310 g/mol. The summed E-state index contributed by atoms with van der Waals surface area (Å²) in [5.41, 5.74) is 2.48. The van der Waals surface area contributed by atoms with E-state index in [2.05, 4.69) is 10.0 Å². The zero-order chi connectivity index (χ0) is 15.3. The van der Waals surface area contributed by atoms with Crippen LogP contribution in [0.1, 0.15) is 25.3 Å². The lowest BCUT2D eigenvalue weighted by molar-refractivity contribution is 0.135. The molecule has 0 bridgehead atoms. The second-order valence-corrected chi connectivity index (χ2v) is 7.13. The molecule has 2 rings (SSSR count). The molecule has 1 heterocycles. The molecule has 116 valence electrons. The molecule has 1 aliphatic rings. The van der Waals surface area contributed by atoms with Crippen molar-refractivity contribution in [3.05, 3.63) is 36.1 Å². The Balaban J connectivity index is 1.97. The molecule has 1 aromatic carbocycles. The SMILES string of the molecule is CCS(=O)(=O)Nc1ccc(NC[C@@H]2CCC=CO2)cc1C. The maximum Gasteiger partial charge on any atom is 0.232 e. The first-order chi connectivity index (χ1) is 10.00. The van der Waals surface area contributed by atoms with Crippen molar-refractivity contribution in [2.45, 2.75) is 32.8 Å². The van der Waals surface area contributed by atoms with E-state index in [1.807, 2.05) is 25.1 Å². The van der Waals surface area contributed by atoms with E-state index >= 15 is 0 Å². The number of nitrogens with one attached hydrogen (secondary N) is 2. The van der Waals surface area contributed by atoms with Gasteiger partial charge in [0.25, 0.3) is 0 Å². The van der Waals surface area contributed by atoms with E-state index in [1.54, 1.807) is 19.3 Å². The highest BCUT2D eigenvalue weighted by molar-refractivity contribution is 7.92. The third-order valence-corrected chi connectivity index (χ3v) is 4.72. The van der Waals surface area contributed by atoms with Gasteiger partial charge in [-0.1, -0.05) is 0 Å². The largest absolute Gasteiger partial charge is 0.497 e. The third-order valence-electron chi connectivity index (χ3n) is 3.43. The van der Waals surface area contributed by atoms with Crippen LogP contribution in [-0.2, 0) is 14.8 Å². The topological polar surface area (TPSA) is 67.4 Å². The normalized spacial score (nSPS) is 18.1. The molecule has 0 fully saturated rings. The minimum Gasteiger partial charge on any atom is -0.497 e. The van der Waals surface area contributed by atoms with E-state index in [0.29, 0.717) is 5.69 Å². The Kier molecular flexibility index (Phi) is 5.12. The number of rotatable bonds is 6. The molecule has 0 saturated carbocycles. The quantitative estimate of drug-likeness (QED) is 0.848. The van der Waals surface area contributed by atoms with Crippen LogP contribution in [0.2, 0.25) is 0 Å². The van der Waals surface area contributed by atoms with Gasteiger partial charge in [0.1, 0.15) is 6.10 Å². The van der Waals surface area contributed by atoms with Gasteiger partial charge in [0, 0.05) is 5.69 Å². The average Bonchev–Trinajstić information content (AvgIpc) is 2.49. The molecule has 2 N–H and O–H groups in total. The zero-order valence-electron chi connectivity index (χ0n) is 12.4. The average molecular weight is 310 g/mol. The van der Waals surface area contributed by atoms with Crippen molar-refractivity contribution >= 4 is 21.4 Å². The summed E-state index contributed by atoms with van der Waals surface area (Å²) in [7, 11) is -3.24. The molecule has 5 nitrogen and oxygen atoms in total. The van der Waals surface area contributed by atoms with Gasteiger partial charge < -0.3 is 10.1 Å². The Hall–Kier alpha value is -1.69. The Bertz CT molecular complexity index is 611. The number of hydrogen-bond donors (Lipinski definition) is 2. The number of anilines is 2. The number of benzene rings is 1. The summed E-state index contributed by atoms with van der Waals surface area (Å²) in [5.74, 6) is 0.0684. The molecule has 6 heteroatoms. The van der Waals surface area contributed by atoms with Crippen molar-refractivity contribution in [3.63, 3.8) is 0 Å². The molecule has 21 heavy (non-hydrogen) atoms. The molecular formula is C15H22N2O3S. The predicted octanol–water partition coefficient (Wildman–Crippen LogP) is 2.86. The third kappa shape index (κ3) is 4.67. The van der Waals surface area contributed by atoms with Crippen LogP contribution in [0.4, 0.5) is 11.4 Å². The summed E-state index contributed by atoms with van der Waals surface area (Å²) >= 11 is 0. The number of ether oxygens (including phenoxy) is 1. The highest BCUT2D eigenvalue weighted by Crippen LogP contribution is 2.21. The van der Waals surface area contributed by atoms with Crippen molar-refractivity contribution in [3.8, 4) is 0 Å². The lowest BCUT2D eigenvalue weighted by atomic mass is 10.1. The van der Waals surface area contributed by atoms with Gasteiger partial charge in [-0.05, 0) is 56.5 Å². The molecule has 1 atom stereocenters. The number of sulfonamides is 1. The van der Waals surface area contributed by atoms with Crippen LogP contribution in [0.25, 0.3) is 0 Å². The predicted molar refractivity (Wildman–Crippen MR) is 86.0 cm³/mol. The molecule has 0 aliphatic carbocycles. The van der Waals surface area contributed by atoms with Gasteiger partial charge in [-0.25, -0.2) is 8.42 Å². The smallest absolute Gasteiger partial charge is 0.232 e. The van der Waals surface area contributed by atoms with Gasteiger partial charge in [-0.3, -0.25) is 4.72 Å². The molecule has 0 spiro atoms. The standard InChI is InChI=1S/C15H22N2O3S/c1-3-21(18,19)17-15-8-7-13(10-12(15)2)16-11-14-6-4-5-9-20-14/h5,7-10,14,16-17H,3-4,6,11H2,1-2H3/t14-/m0/s1. The summed E-state index contributed by atoms with van der Waals surface area (Å²) in [5, 5.41) is 3.32. The van der Waals surface area contributed by atoms with Crippen LogP contribution in [0.5, 0.6) is 0 Å². The van der Waals surface area contributed by atoms with Gasteiger partial charge in [-0.2, -0.15) is 0 Å². The van der Waals surface area contributed by atoms with Gasteiger partial charge in [0.05, 0.1) is 24.2 Å². The number of hydrogen-bond acceptors (Lipinski definition) is 4. The van der Waals surface area contributed by atoms with Gasteiger partial charge in [0.2, 0.25) is 10.0 Å². The second-order valence-electron chi connectivity index (χ2n) is 5.12. The summed E-state index contributed by atoms with van der Waals surface area (Å²) < 4.78 is 31.3. The fraction of sp³-hybridized carbons (Fsp3) is 0.467. The maximum atomic E-state index is 11.6. The molecule has 1 aliphatic heterocycles. The van der Waals surface area contributed by atoms with Crippen LogP contribution < -0.4 is 10.0 Å². The Labute approximate surface area is 126 Å². The highest BCUT2D eigenvalue weighted by Gasteiger charge is 2.12. The first-order valence-corrected chi connectivity index (χ1v) is 8.81. The van der Waals surface area contributed by atoms with E-state index in [-0.39, 0.29) is 11.9 Å². The van der Waals surface area contributed by atoms with E-state index in [9.17, 15) is 8.42 Å². The minimum atomic E-state index is -3.24. The van der Waals surface area contributed by atoms with E-state index in [4.69, 9.17) is 4.74 Å². The van der Waals surface area contributed by atoms with Crippen LogP contribution in [0.3, 0.4) is 0 Å². The molecule has 0 aromatic heterocycles. The Morgan fingerprint density at radius 3 is 2.81 bits per heavy atom. The summed E-state index contributed by atoms with van der Waals surface area (Å²) in [6.45, 7) is 4.24.